The zero-order valence-corrected chi connectivity index (χ0v) is 21.2. The fourth-order valence-electron chi connectivity index (χ4n) is 6.27. The van der Waals surface area contributed by atoms with Crippen LogP contribution in [0.25, 0.3) is 16.7 Å². The summed E-state index contributed by atoms with van der Waals surface area (Å²) in [4.78, 5) is 2.52. The zero-order valence-electron chi connectivity index (χ0n) is 21.2. The van der Waals surface area contributed by atoms with Crippen molar-refractivity contribution >= 4 is 16.9 Å². The molecule has 0 saturated carbocycles. The second kappa shape index (κ2) is 7.83. The molecule has 0 aromatic heterocycles. The molecule has 0 fully saturated rings. The standard InChI is InChI=1S/C35H31N/c1-35(2,3)27-15-17-28(18-16-27)36-33-11-7-6-10-30(33)32-22-24(14-19-34(32)36)23-12-13-26-20-25-8-4-5-9-29(25)31(26)21-23/h4-19,21-22,32,34H,20H2,1-3H3. The van der Waals surface area contributed by atoms with Gasteiger partial charge in [-0.3, -0.25) is 0 Å². The third kappa shape index (κ3) is 3.30. The second-order valence-corrected chi connectivity index (χ2v) is 11.4. The first-order valence-corrected chi connectivity index (χ1v) is 13.1. The lowest BCUT2D eigenvalue weighted by Crippen LogP contribution is -2.29. The van der Waals surface area contributed by atoms with E-state index in [0.717, 1.165) is 6.42 Å². The lowest BCUT2D eigenvalue weighted by molar-refractivity contribution is 0.590. The van der Waals surface area contributed by atoms with Crippen LogP contribution in [0.3, 0.4) is 0 Å². The highest BCUT2D eigenvalue weighted by molar-refractivity contribution is 5.86. The van der Waals surface area contributed by atoms with Crippen LogP contribution >= 0.6 is 0 Å². The van der Waals surface area contributed by atoms with Crippen molar-refractivity contribution in [2.45, 2.75) is 44.6 Å². The lowest BCUT2D eigenvalue weighted by Gasteiger charge is -2.30. The molecule has 0 bridgehead atoms. The predicted molar refractivity (Wildman–Crippen MR) is 152 cm³/mol. The van der Waals surface area contributed by atoms with Gasteiger partial charge >= 0.3 is 0 Å². The van der Waals surface area contributed by atoms with Gasteiger partial charge in [0, 0.05) is 17.3 Å². The first-order chi connectivity index (χ1) is 17.5. The first-order valence-electron chi connectivity index (χ1n) is 13.1. The average Bonchev–Trinajstić information content (AvgIpc) is 3.43. The summed E-state index contributed by atoms with van der Waals surface area (Å²) in [5.41, 5.74) is 13.8. The number of para-hydroxylation sites is 1. The number of anilines is 2. The summed E-state index contributed by atoms with van der Waals surface area (Å²) < 4.78 is 0. The van der Waals surface area contributed by atoms with Gasteiger partial charge in [-0.15, -0.1) is 0 Å². The van der Waals surface area contributed by atoms with Crippen LogP contribution in [-0.2, 0) is 11.8 Å². The van der Waals surface area contributed by atoms with E-state index in [2.05, 4.69) is 135 Å². The summed E-state index contributed by atoms with van der Waals surface area (Å²) in [5.74, 6) is 0.337. The van der Waals surface area contributed by atoms with E-state index in [4.69, 9.17) is 0 Å². The van der Waals surface area contributed by atoms with E-state index in [0.29, 0.717) is 12.0 Å². The second-order valence-electron chi connectivity index (χ2n) is 11.4. The van der Waals surface area contributed by atoms with E-state index in [-0.39, 0.29) is 5.41 Å². The van der Waals surface area contributed by atoms with Crippen molar-refractivity contribution in [3.8, 4) is 11.1 Å². The Morgan fingerprint density at radius 3 is 2.33 bits per heavy atom. The number of allylic oxidation sites excluding steroid dienone is 2. The van der Waals surface area contributed by atoms with E-state index in [1.807, 2.05) is 0 Å². The normalized spacial score (nSPS) is 19.4. The van der Waals surface area contributed by atoms with Crippen LogP contribution in [0.4, 0.5) is 11.4 Å². The number of fused-ring (bicyclic) bond motifs is 6. The van der Waals surface area contributed by atoms with Crippen LogP contribution in [0.1, 0.15) is 54.5 Å². The molecule has 0 N–H and O–H groups in total. The Kier molecular flexibility index (Phi) is 4.66. The van der Waals surface area contributed by atoms with Gasteiger partial charge in [-0.1, -0.05) is 106 Å². The summed E-state index contributed by atoms with van der Waals surface area (Å²) >= 11 is 0. The molecule has 7 rings (SSSR count). The molecule has 36 heavy (non-hydrogen) atoms. The Morgan fingerprint density at radius 1 is 0.750 bits per heavy atom. The molecule has 2 atom stereocenters. The largest absolute Gasteiger partial charge is 0.333 e. The van der Waals surface area contributed by atoms with Crippen LogP contribution in [-0.4, -0.2) is 6.04 Å². The van der Waals surface area contributed by atoms with Gasteiger partial charge in [0.25, 0.3) is 0 Å². The number of hydrogen-bond donors (Lipinski definition) is 0. The van der Waals surface area contributed by atoms with Crippen molar-refractivity contribution < 1.29 is 0 Å². The lowest BCUT2D eigenvalue weighted by atomic mass is 9.85. The Morgan fingerprint density at radius 2 is 1.50 bits per heavy atom. The fraction of sp³-hybridized carbons (Fsp3) is 0.200. The molecule has 0 spiro atoms. The van der Waals surface area contributed by atoms with Crippen LogP contribution in [0, 0.1) is 0 Å². The number of hydrogen-bond acceptors (Lipinski definition) is 1. The summed E-state index contributed by atoms with van der Waals surface area (Å²) in [7, 11) is 0. The Labute approximate surface area is 214 Å². The molecular formula is C35H31N. The molecule has 1 aliphatic heterocycles. The van der Waals surface area contributed by atoms with Crippen molar-refractivity contribution in [3.63, 3.8) is 0 Å². The first kappa shape index (κ1) is 21.4. The molecule has 4 aromatic carbocycles. The van der Waals surface area contributed by atoms with Gasteiger partial charge in [0.1, 0.15) is 0 Å². The van der Waals surface area contributed by atoms with Gasteiger partial charge in [0.05, 0.1) is 6.04 Å². The summed E-state index contributed by atoms with van der Waals surface area (Å²) in [6.07, 6.45) is 8.29. The molecule has 1 heterocycles. The minimum Gasteiger partial charge on any atom is -0.333 e. The van der Waals surface area contributed by atoms with Crippen LogP contribution in [0.5, 0.6) is 0 Å². The maximum atomic E-state index is 2.52. The van der Waals surface area contributed by atoms with Crippen LogP contribution in [0.15, 0.2) is 109 Å². The van der Waals surface area contributed by atoms with E-state index in [1.165, 1.54) is 55.9 Å². The van der Waals surface area contributed by atoms with Crippen molar-refractivity contribution in [2.75, 3.05) is 4.90 Å². The van der Waals surface area contributed by atoms with Gasteiger partial charge in [0.2, 0.25) is 0 Å². The molecule has 3 aliphatic rings. The summed E-state index contributed by atoms with van der Waals surface area (Å²) in [6.45, 7) is 6.82. The Balaban J connectivity index is 1.27. The fourth-order valence-corrected chi connectivity index (χ4v) is 6.27. The SMILES string of the molecule is CC(C)(C)c1ccc(N2c3ccccc3C3C=C(c4ccc5c(c4)-c4ccccc4C5)C=CC32)cc1. The number of nitrogens with zero attached hydrogens (tertiary/aromatic N) is 1. The van der Waals surface area contributed by atoms with Gasteiger partial charge in [-0.05, 0) is 80.6 Å². The quantitative estimate of drug-likeness (QED) is 0.252. The predicted octanol–water partition coefficient (Wildman–Crippen LogP) is 8.81. The monoisotopic (exact) mass is 465 g/mol. The Hall–Kier alpha value is -3.84. The van der Waals surface area contributed by atoms with Gasteiger partial charge < -0.3 is 4.90 Å². The van der Waals surface area contributed by atoms with E-state index in [9.17, 15) is 0 Å². The van der Waals surface area contributed by atoms with Crippen molar-refractivity contribution in [2.24, 2.45) is 0 Å². The molecule has 2 aliphatic carbocycles. The molecule has 0 radical (unpaired) electrons. The van der Waals surface area contributed by atoms with Gasteiger partial charge in [-0.2, -0.15) is 0 Å². The summed E-state index contributed by atoms with van der Waals surface area (Å²) in [5, 5.41) is 0. The molecular weight excluding hydrogens is 434 g/mol. The Bertz CT molecular complexity index is 1540. The molecule has 1 heteroatoms. The number of rotatable bonds is 2. The third-order valence-corrected chi connectivity index (χ3v) is 8.20. The van der Waals surface area contributed by atoms with Gasteiger partial charge in [0.15, 0.2) is 0 Å². The number of benzene rings is 4. The molecule has 4 aromatic rings. The third-order valence-electron chi connectivity index (χ3n) is 8.20. The molecule has 2 unspecified atom stereocenters. The average molecular weight is 466 g/mol. The smallest absolute Gasteiger partial charge is 0.0630 e. The van der Waals surface area contributed by atoms with Crippen molar-refractivity contribution in [1.82, 2.24) is 0 Å². The topological polar surface area (TPSA) is 3.24 Å². The highest BCUT2D eigenvalue weighted by atomic mass is 15.2. The van der Waals surface area contributed by atoms with Crippen molar-refractivity contribution in [1.29, 1.82) is 0 Å². The van der Waals surface area contributed by atoms with E-state index >= 15 is 0 Å². The van der Waals surface area contributed by atoms with E-state index in [1.54, 1.807) is 0 Å². The van der Waals surface area contributed by atoms with Crippen LogP contribution < -0.4 is 4.90 Å². The maximum absolute atomic E-state index is 2.52. The highest BCUT2D eigenvalue weighted by Crippen LogP contribution is 2.49. The van der Waals surface area contributed by atoms with E-state index < -0.39 is 0 Å². The zero-order chi connectivity index (χ0) is 24.4. The van der Waals surface area contributed by atoms with Crippen LogP contribution in [0.2, 0.25) is 0 Å². The highest BCUT2D eigenvalue weighted by Gasteiger charge is 2.38. The molecule has 1 nitrogen and oxygen atoms in total. The molecule has 0 saturated heterocycles. The van der Waals surface area contributed by atoms with Crippen molar-refractivity contribution in [3.05, 3.63) is 137 Å². The molecule has 176 valence electrons. The van der Waals surface area contributed by atoms with Gasteiger partial charge in [-0.25, -0.2) is 0 Å². The molecule has 0 amide bonds. The minimum atomic E-state index is 0.155. The minimum absolute atomic E-state index is 0.155. The maximum Gasteiger partial charge on any atom is 0.0630 e. The summed E-state index contributed by atoms with van der Waals surface area (Å²) in [6, 6.07) is 34.3.